The van der Waals surface area contributed by atoms with Gasteiger partial charge in [0, 0.05) is 12.0 Å². The summed E-state index contributed by atoms with van der Waals surface area (Å²) < 4.78 is 5.51. The van der Waals surface area contributed by atoms with Crippen molar-refractivity contribution in [2.45, 2.75) is 25.7 Å². The van der Waals surface area contributed by atoms with E-state index in [1.807, 2.05) is 18.2 Å². The van der Waals surface area contributed by atoms with E-state index in [-0.39, 0.29) is 5.78 Å². The Labute approximate surface area is 95.6 Å². The summed E-state index contributed by atoms with van der Waals surface area (Å²) >= 11 is 0. The molecule has 1 aliphatic rings. The van der Waals surface area contributed by atoms with Gasteiger partial charge < -0.3 is 10.5 Å². The Hall–Kier alpha value is -1.35. The molecule has 1 aliphatic heterocycles. The number of benzene rings is 1. The molecule has 0 aliphatic carbocycles. The Morgan fingerprint density at radius 2 is 2.31 bits per heavy atom. The molecule has 0 unspecified atom stereocenters. The van der Waals surface area contributed by atoms with E-state index in [0.29, 0.717) is 13.0 Å². The molecule has 0 aromatic heterocycles. The minimum Gasteiger partial charge on any atom is -0.493 e. The van der Waals surface area contributed by atoms with Crippen LogP contribution in [0.1, 0.15) is 35.2 Å². The van der Waals surface area contributed by atoms with Crippen LogP contribution in [0.2, 0.25) is 0 Å². The topological polar surface area (TPSA) is 52.3 Å². The zero-order valence-electron chi connectivity index (χ0n) is 9.37. The number of hydrogen-bond donors (Lipinski definition) is 1. The average molecular weight is 219 g/mol. The first-order valence-corrected chi connectivity index (χ1v) is 5.80. The van der Waals surface area contributed by atoms with E-state index in [9.17, 15) is 4.79 Å². The first kappa shape index (κ1) is 11.1. The first-order chi connectivity index (χ1) is 7.81. The van der Waals surface area contributed by atoms with Gasteiger partial charge in [-0.3, -0.25) is 4.79 Å². The molecule has 0 saturated heterocycles. The maximum atomic E-state index is 11.8. The van der Waals surface area contributed by atoms with Crippen molar-refractivity contribution in [3.8, 4) is 5.75 Å². The maximum Gasteiger partial charge on any atom is 0.162 e. The van der Waals surface area contributed by atoms with E-state index in [1.165, 1.54) is 0 Å². The van der Waals surface area contributed by atoms with Gasteiger partial charge in [0.25, 0.3) is 0 Å². The predicted molar refractivity (Wildman–Crippen MR) is 62.9 cm³/mol. The van der Waals surface area contributed by atoms with Crippen molar-refractivity contribution in [3.05, 3.63) is 29.3 Å². The molecule has 2 N–H and O–H groups in total. The van der Waals surface area contributed by atoms with E-state index in [4.69, 9.17) is 10.5 Å². The molecule has 0 amide bonds. The summed E-state index contributed by atoms with van der Waals surface area (Å²) in [6, 6.07) is 5.72. The lowest BCUT2D eigenvalue weighted by atomic mass is 9.99. The van der Waals surface area contributed by atoms with Gasteiger partial charge >= 0.3 is 0 Å². The third-order valence-electron chi connectivity index (χ3n) is 2.84. The molecule has 0 atom stereocenters. The van der Waals surface area contributed by atoms with E-state index < -0.39 is 0 Å². The van der Waals surface area contributed by atoms with Crippen molar-refractivity contribution in [2.24, 2.45) is 5.73 Å². The highest BCUT2D eigenvalue weighted by Gasteiger charge is 2.13. The lowest BCUT2D eigenvalue weighted by Crippen LogP contribution is -2.10. The molecule has 1 heterocycles. The smallest absolute Gasteiger partial charge is 0.162 e. The van der Waals surface area contributed by atoms with Gasteiger partial charge in [-0.25, -0.2) is 0 Å². The summed E-state index contributed by atoms with van der Waals surface area (Å²) in [5, 5.41) is 0. The molecular weight excluding hydrogens is 202 g/mol. The van der Waals surface area contributed by atoms with Gasteiger partial charge in [0.15, 0.2) is 5.78 Å². The maximum absolute atomic E-state index is 11.8. The highest BCUT2D eigenvalue weighted by molar-refractivity contribution is 5.96. The van der Waals surface area contributed by atoms with Gasteiger partial charge in [0.1, 0.15) is 5.75 Å². The van der Waals surface area contributed by atoms with Crippen LogP contribution in [0.5, 0.6) is 5.75 Å². The number of nitrogens with two attached hydrogens (primary N) is 1. The molecule has 3 nitrogen and oxygen atoms in total. The van der Waals surface area contributed by atoms with E-state index in [0.717, 1.165) is 42.7 Å². The number of hydrogen-bond acceptors (Lipinski definition) is 3. The van der Waals surface area contributed by atoms with Crippen LogP contribution in [0.4, 0.5) is 0 Å². The molecule has 0 spiro atoms. The molecule has 16 heavy (non-hydrogen) atoms. The number of ketones is 1. The Morgan fingerprint density at radius 3 is 3.12 bits per heavy atom. The van der Waals surface area contributed by atoms with E-state index >= 15 is 0 Å². The molecule has 0 saturated carbocycles. The van der Waals surface area contributed by atoms with E-state index in [2.05, 4.69) is 0 Å². The lowest BCUT2D eigenvalue weighted by Gasteiger charge is -2.17. The van der Waals surface area contributed by atoms with Crippen molar-refractivity contribution in [3.63, 3.8) is 0 Å². The number of ether oxygens (including phenoxy) is 1. The van der Waals surface area contributed by atoms with Crippen LogP contribution in [-0.2, 0) is 6.42 Å². The fourth-order valence-corrected chi connectivity index (χ4v) is 1.94. The fraction of sp³-hybridized carbons (Fsp3) is 0.462. The van der Waals surface area contributed by atoms with Crippen LogP contribution in [0.3, 0.4) is 0 Å². The Bertz CT molecular complexity index is 388. The summed E-state index contributed by atoms with van der Waals surface area (Å²) in [4.78, 5) is 11.8. The van der Waals surface area contributed by atoms with Crippen molar-refractivity contribution < 1.29 is 9.53 Å². The zero-order chi connectivity index (χ0) is 11.4. The van der Waals surface area contributed by atoms with Gasteiger partial charge in [-0.2, -0.15) is 0 Å². The number of aryl methyl sites for hydroxylation is 1. The van der Waals surface area contributed by atoms with E-state index in [1.54, 1.807) is 0 Å². The van der Waals surface area contributed by atoms with Crippen LogP contribution in [-0.4, -0.2) is 18.9 Å². The quantitative estimate of drug-likeness (QED) is 0.787. The van der Waals surface area contributed by atoms with Gasteiger partial charge in [-0.1, -0.05) is 0 Å². The number of Topliss-reactive ketones (excluding diaryl/α,β-unsaturated/α-hetero) is 1. The van der Waals surface area contributed by atoms with Crippen LogP contribution in [0, 0.1) is 0 Å². The van der Waals surface area contributed by atoms with Crippen molar-refractivity contribution in [1.82, 2.24) is 0 Å². The highest BCUT2D eigenvalue weighted by atomic mass is 16.5. The van der Waals surface area contributed by atoms with Crippen LogP contribution in [0.25, 0.3) is 0 Å². The normalized spacial score (nSPS) is 14.1. The third-order valence-corrected chi connectivity index (χ3v) is 2.84. The van der Waals surface area contributed by atoms with Crippen molar-refractivity contribution in [2.75, 3.05) is 13.2 Å². The molecule has 0 bridgehead atoms. The molecule has 1 aromatic carbocycles. The Morgan fingerprint density at radius 1 is 1.44 bits per heavy atom. The molecular formula is C13H17NO2. The fourth-order valence-electron chi connectivity index (χ4n) is 1.94. The van der Waals surface area contributed by atoms with Crippen LogP contribution < -0.4 is 10.5 Å². The van der Waals surface area contributed by atoms with Gasteiger partial charge in [0.05, 0.1) is 6.61 Å². The third kappa shape index (κ3) is 2.42. The highest BCUT2D eigenvalue weighted by Crippen LogP contribution is 2.26. The predicted octanol–water partition coefficient (Wildman–Crippen LogP) is 1.93. The summed E-state index contributed by atoms with van der Waals surface area (Å²) in [6.07, 6.45) is 3.34. The number of carbonyl (C=O) groups excluding carboxylic acids is 1. The monoisotopic (exact) mass is 219 g/mol. The standard InChI is InChI=1S/C13H17NO2/c14-7-1-4-12(15)10-5-6-13-11(9-10)3-2-8-16-13/h5-6,9H,1-4,7-8,14H2. The summed E-state index contributed by atoms with van der Waals surface area (Å²) in [6.45, 7) is 1.35. The summed E-state index contributed by atoms with van der Waals surface area (Å²) in [7, 11) is 0. The van der Waals surface area contributed by atoms with Gasteiger partial charge in [0.2, 0.25) is 0 Å². The molecule has 0 radical (unpaired) electrons. The number of fused-ring (bicyclic) bond motifs is 1. The minimum atomic E-state index is 0.179. The zero-order valence-corrected chi connectivity index (χ0v) is 9.37. The molecule has 1 aromatic rings. The summed E-state index contributed by atoms with van der Waals surface area (Å²) in [5.74, 6) is 1.11. The second-order valence-electron chi connectivity index (χ2n) is 4.09. The average Bonchev–Trinajstić information content (AvgIpc) is 2.35. The Kier molecular flexibility index (Phi) is 3.57. The molecule has 0 fully saturated rings. The minimum absolute atomic E-state index is 0.179. The molecule has 3 heteroatoms. The number of rotatable bonds is 4. The summed E-state index contributed by atoms with van der Waals surface area (Å²) in [5.41, 5.74) is 7.34. The lowest BCUT2D eigenvalue weighted by molar-refractivity contribution is 0.0980. The SMILES string of the molecule is NCCCC(=O)c1ccc2c(c1)CCCO2. The molecule has 2 rings (SSSR count). The second-order valence-corrected chi connectivity index (χ2v) is 4.09. The second kappa shape index (κ2) is 5.12. The number of carbonyl (C=O) groups is 1. The van der Waals surface area contributed by atoms with Gasteiger partial charge in [-0.15, -0.1) is 0 Å². The largest absolute Gasteiger partial charge is 0.493 e. The van der Waals surface area contributed by atoms with Crippen LogP contribution >= 0.6 is 0 Å². The first-order valence-electron chi connectivity index (χ1n) is 5.80. The molecule has 86 valence electrons. The van der Waals surface area contributed by atoms with Crippen LogP contribution in [0.15, 0.2) is 18.2 Å². The van der Waals surface area contributed by atoms with Crippen molar-refractivity contribution >= 4 is 5.78 Å². The van der Waals surface area contributed by atoms with Crippen molar-refractivity contribution in [1.29, 1.82) is 0 Å². The Balaban J connectivity index is 2.13. The van der Waals surface area contributed by atoms with Gasteiger partial charge in [-0.05, 0) is 49.6 Å².